The summed E-state index contributed by atoms with van der Waals surface area (Å²) in [6.07, 6.45) is 4.86. The Morgan fingerprint density at radius 3 is 2.53 bits per heavy atom. The van der Waals surface area contributed by atoms with Crippen molar-refractivity contribution in [3.63, 3.8) is 0 Å². The minimum atomic E-state index is 0.308. The summed E-state index contributed by atoms with van der Waals surface area (Å²) in [5, 5.41) is 20.6. The van der Waals surface area contributed by atoms with E-state index in [1.807, 2.05) is 0 Å². The Balaban J connectivity index is 1.80. The van der Waals surface area contributed by atoms with E-state index in [4.69, 9.17) is 10.5 Å². The third-order valence-electron chi connectivity index (χ3n) is 3.54. The van der Waals surface area contributed by atoms with Crippen LogP contribution in [0.5, 0.6) is 0 Å². The molecule has 0 bridgehead atoms. The summed E-state index contributed by atoms with van der Waals surface area (Å²) in [4.78, 5) is 2.40. The molecule has 2 fully saturated rings. The van der Waals surface area contributed by atoms with Gasteiger partial charge in [0.15, 0.2) is 0 Å². The van der Waals surface area contributed by atoms with Gasteiger partial charge in [0.05, 0.1) is 11.8 Å². The molecule has 1 aliphatic carbocycles. The highest BCUT2D eigenvalue weighted by molar-refractivity contribution is 5.84. The van der Waals surface area contributed by atoms with Gasteiger partial charge in [-0.3, -0.25) is 0 Å². The van der Waals surface area contributed by atoms with Crippen LogP contribution in [-0.2, 0) is 0 Å². The lowest BCUT2D eigenvalue weighted by Crippen LogP contribution is -2.37. The van der Waals surface area contributed by atoms with Crippen LogP contribution in [0, 0.1) is 16.7 Å². The number of piperidine rings is 1. The number of likely N-dealkylation sites (tertiary alicyclic amines) is 1. The molecular formula is C11H17N3O. The molecule has 0 aromatic carbocycles. The van der Waals surface area contributed by atoms with Gasteiger partial charge >= 0.3 is 0 Å². The summed E-state index contributed by atoms with van der Waals surface area (Å²) >= 11 is 0. The third-order valence-corrected chi connectivity index (χ3v) is 3.54. The van der Waals surface area contributed by atoms with E-state index in [1.165, 1.54) is 12.8 Å². The van der Waals surface area contributed by atoms with E-state index in [-0.39, 0.29) is 0 Å². The van der Waals surface area contributed by atoms with Crippen molar-refractivity contribution in [3.05, 3.63) is 0 Å². The zero-order valence-corrected chi connectivity index (χ0v) is 8.95. The molecule has 4 heteroatoms. The average molecular weight is 207 g/mol. The van der Waals surface area contributed by atoms with Gasteiger partial charge in [-0.15, -0.1) is 0 Å². The third kappa shape index (κ3) is 2.48. The quantitative estimate of drug-likeness (QED) is 0.565. The van der Waals surface area contributed by atoms with Crippen molar-refractivity contribution in [2.24, 2.45) is 10.6 Å². The van der Waals surface area contributed by atoms with Crippen LogP contribution in [0.15, 0.2) is 5.16 Å². The monoisotopic (exact) mass is 207 g/mol. The molecule has 0 amide bonds. The predicted octanol–water partition coefficient (Wildman–Crippen LogP) is 1.61. The van der Waals surface area contributed by atoms with Crippen LogP contribution in [0.4, 0.5) is 0 Å². The lowest BCUT2D eigenvalue weighted by Gasteiger charge is -2.29. The number of hydrogen-bond acceptors (Lipinski definition) is 4. The smallest absolute Gasteiger partial charge is 0.0628 e. The van der Waals surface area contributed by atoms with Gasteiger partial charge in [-0.25, -0.2) is 0 Å². The molecule has 1 saturated carbocycles. The second-order valence-corrected chi connectivity index (χ2v) is 4.78. The molecule has 1 saturated heterocycles. The second kappa shape index (κ2) is 4.19. The first kappa shape index (κ1) is 10.4. The number of nitriles is 1. The molecular weight excluding hydrogens is 190 g/mol. The molecule has 0 aromatic rings. The van der Waals surface area contributed by atoms with E-state index < -0.39 is 0 Å². The molecule has 1 N–H and O–H groups in total. The molecule has 1 aliphatic heterocycles. The lowest BCUT2D eigenvalue weighted by molar-refractivity contribution is 0.216. The van der Waals surface area contributed by atoms with E-state index in [9.17, 15) is 0 Å². The number of hydrogen-bond donors (Lipinski definition) is 1. The van der Waals surface area contributed by atoms with Crippen molar-refractivity contribution >= 4 is 5.71 Å². The fourth-order valence-electron chi connectivity index (χ4n) is 2.28. The summed E-state index contributed by atoms with van der Waals surface area (Å²) in [7, 11) is 0. The minimum Gasteiger partial charge on any atom is -0.411 e. The Morgan fingerprint density at radius 1 is 1.40 bits per heavy atom. The minimum absolute atomic E-state index is 0.308. The average Bonchev–Trinajstić information content (AvgIpc) is 3.00. The molecule has 2 aliphatic rings. The molecule has 1 heterocycles. The van der Waals surface area contributed by atoms with Crippen molar-refractivity contribution in [1.29, 1.82) is 5.26 Å². The first-order valence-electron chi connectivity index (χ1n) is 5.57. The van der Waals surface area contributed by atoms with Crippen LogP contribution in [0.1, 0.15) is 32.1 Å². The molecule has 0 atom stereocenters. The maximum absolute atomic E-state index is 8.73. The van der Waals surface area contributed by atoms with Crippen LogP contribution in [0.25, 0.3) is 0 Å². The van der Waals surface area contributed by atoms with Crippen LogP contribution < -0.4 is 0 Å². The van der Waals surface area contributed by atoms with Gasteiger partial charge in [0, 0.05) is 38.9 Å². The highest BCUT2D eigenvalue weighted by atomic mass is 16.4. The molecule has 0 aromatic heterocycles. The first-order valence-corrected chi connectivity index (χ1v) is 5.57. The molecule has 15 heavy (non-hydrogen) atoms. The maximum atomic E-state index is 8.73. The second-order valence-electron chi connectivity index (χ2n) is 4.78. The fourth-order valence-corrected chi connectivity index (χ4v) is 2.28. The summed E-state index contributed by atoms with van der Waals surface area (Å²) in [6, 6.07) is 2.29. The summed E-state index contributed by atoms with van der Waals surface area (Å²) in [5.41, 5.74) is 1.22. The van der Waals surface area contributed by atoms with Crippen molar-refractivity contribution in [2.45, 2.75) is 32.1 Å². The Bertz CT molecular complexity index is 291. The van der Waals surface area contributed by atoms with Crippen molar-refractivity contribution in [1.82, 2.24) is 4.90 Å². The molecule has 0 unspecified atom stereocenters. The Labute approximate surface area is 90.2 Å². The molecule has 0 radical (unpaired) electrons. The Kier molecular flexibility index (Phi) is 2.92. The summed E-state index contributed by atoms with van der Waals surface area (Å²) in [5.74, 6) is 0. The molecule has 2 rings (SSSR count). The SMILES string of the molecule is N#CCC1(CN2CCC(=NO)CC2)CC1. The lowest BCUT2D eigenvalue weighted by atomic mass is 10.0. The predicted molar refractivity (Wildman–Crippen MR) is 56.8 cm³/mol. The molecule has 82 valence electrons. The highest BCUT2D eigenvalue weighted by Gasteiger charge is 2.43. The maximum Gasteiger partial charge on any atom is 0.0628 e. The number of rotatable bonds is 3. The van der Waals surface area contributed by atoms with Gasteiger partial charge in [0.2, 0.25) is 0 Å². The number of oxime groups is 1. The van der Waals surface area contributed by atoms with E-state index >= 15 is 0 Å². The van der Waals surface area contributed by atoms with Gasteiger partial charge in [-0.05, 0) is 18.3 Å². The van der Waals surface area contributed by atoms with E-state index in [0.717, 1.165) is 38.2 Å². The molecule has 0 spiro atoms. The topological polar surface area (TPSA) is 59.6 Å². The van der Waals surface area contributed by atoms with Crippen LogP contribution in [-0.4, -0.2) is 35.5 Å². The zero-order valence-electron chi connectivity index (χ0n) is 8.95. The first-order chi connectivity index (χ1) is 7.28. The largest absolute Gasteiger partial charge is 0.411 e. The van der Waals surface area contributed by atoms with E-state index in [1.54, 1.807) is 0 Å². The summed E-state index contributed by atoms with van der Waals surface area (Å²) < 4.78 is 0. The van der Waals surface area contributed by atoms with Crippen molar-refractivity contribution < 1.29 is 5.21 Å². The van der Waals surface area contributed by atoms with Gasteiger partial charge in [0.25, 0.3) is 0 Å². The standard InChI is InChI=1S/C11H17N3O/c12-6-5-11(3-4-11)9-14-7-1-10(13-15)2-8-14/h15H,1-5,7-9H2. The van der Waals surface area contributed by atoms with Crippen molar-refractivity contribution in [2.75, 3.05) is 19.6 Å². The van der Waals surface area contributed by atoms with Gasteiger partial charge < -0.3 is 10.1 Å². The van der Waals surface area contributed by atoms with Crippen LogP contribution in [0.2, 0.25) is 0 Å². The van der Waals surface area contributed by atoms with E-state index in [2.05, 4.69) is 16.1 Å². The van der Waals surface area contributed by atoms with E-state index in [0.29, 0.717) is 11.8 Å². The Morgan fingerprint density at radius 2 is 2.07 bits per heavy atom. The normalized spacial score (nSPS) is 24.6. The van der Waals surface area contributed by atoms with Crippen LogP contribution in [0.3, 0.4) is 0 Å². The summed E-state index contributed by atoms with van der Waals surface area (Å²) in [6.45, 7) is 3.01. The van der Waals surface area contributed by atoms with Gasteiger partial charge in [-0.1, -0.05) is 5.16 Å². The zero-order chi connectivity index (χ0) is 10.7. The number of nitrogens with zero attached hydrogens (tertiary/aromatic N) is 3. The molecule has 4 nitrogen and oxygen atoms in total. The fraction of sp³-hybridized carbons (Fsp3) is 0.818. The van der Waals surface area contributed by atoms with Crippen molar-refractivity contribution in [3.8, 4) is 6.07 Å². The highest BCUT2D eigenvalue weighted by Crippen LogP contribution is 2.49. The Hall–Kier alpha value is -1.08. The van der Waals surface area contributed by atoms with Gasteiger partial charge in [0.1, 0.15) is 0 Å². The van der Waals surface area contributed by atoms with Crippen LogP contribution >= 0.6 is 0 Å². The van der Waals surface area contributed by atoms with Gasteiger partial charge in [-0.2, -0.15) is 5.26 Å².